The number of rotatable bonds is 4. The molecule has 4 rings (SSSR count). The summed E-state index contributed by atoms with van der Waals surface area (Å²) in [6.45, 7) is 2.77. The van der Waals surface area contributed by atoms with Crippen LogP contribution in [0.25, 0.3) is 0 Å². The van der Waals surface area contributed by atoms with Gasteiger partial charge in [0.1, 0.15) is 0 Å². The summed E-state index contributed by atoms with van der Waals surface area (Å²) in [5.41, 5.74) is 3.60. The number of fused-ring (bicyclic) bond motifs is 1. The van der Waals surface area contributed by atoms with Crippen LogP contribution in [0, 0.1) is 0 Å². The Balaban J connectivity index is 1.45. The molecule has 3 heterocycles. The lowest BCUT2D eigenvalue weighted by atomic mass is 10.1. The number of aryl methyl sites for hydroxylation is 1. The molecule has 2 aliphatic heterocycles. The van der Waals surface area contributed by atoms with E-state index in [-0.39, 0.29) is 11.9 Å². The molecule has 1 unspecified atom stereocenters. The predicted octanol–water partition coefficient (Wildman–Crippen LogP) is 2.76. The molecule has 2 aromatic rings. The average Bonchev–Trinajstić information content (AvgIpc) is 3.16. The van der Waals surface area contributed by atoms with Crippen molar-refractivity contribution in [2.24, 2.45) is 0 Å². The molecule has 1 aromatic heterocycles. The lowest BCUT2D eigenvalue weighted by Gasteiger charge is -2.27. The van der Waals surface area contributed by atoms with Crippen LogP contribution in [0.3, 0.4) is 0 Å². The highest BCUT2D eigenvalue weighted by atomic mass is 16.2. The van der Waals surface area contributed by atoms with Gasteiger partial charge in [0, 0.05) is 49.9 Å². The lowest BCUT2D eigenvalue weighted by molar-refractivity contribution is -0.132. The van der Waals surface area contributed by atoms with Gasteiger partial charge in [-0.1, -0.05) is 30.3 Å². The SMILES string of the molecule is CN1CCc2nc(C3CCCN3C(=O)CCc3ccccc3)ncc2C1. The minimum absolute atomic E-state index is 0.0447. The van der Waals surface area contributed by atoms with Crippen molar-refractivity contribution >= 4 is 5.91 Å². The zero-order chi connectivity index (χ0) is 17.9. The maximum atomic E-state index is 12.8. The number of likely N-dealkylation sites (N-methyl/N-ethyl adjacent to an activating group) is 1. The second-order valence-electron chi connectivity index (χ2n) is 7.42. The van der Waals surface area contributed by atoms with E-state index in [1.165, 1.54) is 11.1 Å². The number of aromatic nitrogens is 2. The number of carbonyl (C=O) groups is 1. The largest absolute Gasteiger partial charge is 0.332 e. The Kier molecular flexibility index (Phi) is 4.98. The molecule has 0 radical (unpaired) electrons. The molecule has 1 amide bonds. The van der Waals surface area contributed by atoms with Crippen LogP contribution >= 0.6 is 0 Å². The van der Waals surface area contributed by atoms with Gasteiger partial charge < -0.3 is 9.80 Å². The molecule has 1 aromatic carbocycles. The summed E-state index contributed by atoms with van der Waals surface area (Å²) in [5.74, 6) is 1.05. The highest BCUT2D eigenvalue weighted by Gasteiger charge is 2.32. The van der Waals surface area contributed by atoms with Crippen molar-refractivity contribution in [1.82, 2.24) is 19.8 Å². The van der Waals surface area contributed by atoms with Crippen molar-refractivity contribution in [2.75, 3.05) is 20.1 Å². The van der Waals surface area contributed by atoms with Gasteiger partial charge in [0.25, 0.3) is 0 Å². The second kappa shape index (κ2) is 7.54. The Morgan fingerprint density at radius 3 is 2.92 bits per heavy atom. The van der Waals surface area contributed by atoms with Crippen LogP contribution < -0.4 is 0 Å². The van der Waals surface area contributed by atoms with Crippen molar-refractivity contribution < 1.29 is 4.79 Å². The first-order valence-electron chi connectivity index (χ1n) is 9.57. The minimum atomic E-state index is 0.0447. The van der Waals surface area contributed by atoms with Gasteiger partial charge in [0.2, 0.25) is 5.91 Å². The van der Waals surface area contributed by atoms with E-state index in [4.69, 9.17) is 4.98 Å². The molecule has 0 N–H and O–H groups in total. The van der Waals surface area contributed by atoms with E-state index < -0.39 is 0 Å². The topological polar surface area (TPSA) is 49.3 Å². The maximum Gasteiger partial charge on any atom is 0.223 e. The molecule has 1 atom stereocenters. The van der Waals surface area contributed by atoms with Gasteiger partial charge in [-0.2, -0.15) is 0 Å². The van der Waals surface area contributed by atoms with Gasteiger partial charge in [0.05, 0.1) is 6.04 Å². The number of benzene rings is 1. The standard InChI is InChI=1S/C21H26N4O/c1-24-13-11-18-17(15-24)14-22-21(23-18)19-8-5-12-25(19)20(26)10-9-16-6-3-2-4-7-16/h2-4,6-7,14,19H,5,8-13,15H2,1H3. The van der Waals surface area contributed by atoms with E-state index >= 15 is 0 Å². The molecule has 5 heteroatoms. The van der Waals surface area contributed by atoms with Crippen molar-refractivity contribution in [3.8, 4) is 0 Å². The third-order valence-electron chi connectivity index (χ3n) is 5.48. The molecular formula is C21H26N4O. The molecule has 1 fully saturated rings. The van der Waals surface area contributed by atoms with Gasteiger partial charge in [-0.05, 0) is 31.9 Å². The summed E-state index contributed by atoms with van der Waals surface area (Å²) < 4.78 is 0. The molecule has 1 saturated heterocycles. The zero-order valence-corrected chi connectivity index (χ0v) is 15.4. The van der Waals surface area contributed by atoms with Gasteiger partial charge >= 0.3 is 0 Å². The van der Waals surface area contributed by atoms with Crippen molar-refractivity contribution in [2.45, 2.75) is 44.7 Å². The first kappa shape index (κ1) is 17.2. The molecule has 0 spiro atoms. The third kappa shape index (κ3) is 3.63. The average molecular weight is 350 g/mol. The predicted molar refractivity (Wildman–Crippen MR) is 101 cm³/mol. The van der Waals surface area contributed by atoms with Crippen LogP contribution in [0.1, 0.15) is 47.9 Å². The monoisotopic (exact) mass is 350 g/mol. The summed E-state index contributed by atoms with van der Waals surface area (Å²) in [6.07, 6.45) is 6.28. The minimum Gasteiger partial charge on any atom is -0.332 e. The van der Waals surface area contributed by atoms with Gasteiger partial charge in [0.15, 0.2) is 5.82 Å². The molecule has 0 aliphatic carbocycles. The van der Waals surface area contributed by atoms with Crippen molar-refractivity contribution in [3.05, 3.63) is 59.2 Å². The van der Waals surface area contributed by atoms with Gasteiger partial charge in [-0.15, -0.1) is 0 Å². The quantitative estimate of drug-likeness (QED) is 0.851. The number of nitrogens with zero attached hydrogens (tertiary/aromatic N) is 4. The van der Waals surface area contributed by atoms with Crippen LogP contribution in [0.15, 0.2) is 36.5 Å². The summed E-state index contributed by atoms with van der Waals surface area (Å²) in [6, 6.07) is 10.3. The van der Waals surface area contributed by atoms with Crippen LogP contribution in [-0.2, 0) is 24.2 Å². The Bertz CT molecular complexity index is 777. The summed E-state index contributed by atoms with van der Waals surface area (Å²) in [5, 5.41) is 0. The highest BCUT2D eigenvalue weighted by molar-refractivity contribution is 5.77. The van der Waals surface area contributed by atoms with E-state index in [1.807, 2.05) is 29.3 Å². The lowest BCUT2D eigenvalue weighted by Crippen LogP contribution is -2.33. The Labute approximate surface area is 155 Å². The number of likely N-dealkylation sites (tertiary alicyclic amines) is 1. The first-order chi connectivity index (χ1) is 12.7. The van der Waals surface area contributed by atoms with E-state index in [2.05, 4.69) is 29.1 Å². The summed E-state index contributed by atoms with van der Waals surface area (Å²) >= 11 is 0. The van der Waals surface area contributed by atoms with Crippen molar-refractivity contribution in [3.63, 3.8) is 0 Å². The molecular weight excluding hydrogens is 324 g/mol. The molecule has 5 nitrogen and oxygen atoms in total. The highest BCUT2D eigenvalue weighted by Crippen LogP contribution is 2.31. The van der Waals surface area contributed by atoms with Crippen LogP contribution in [0.4, 0.5) is 0 Å². The molecule has 0 saturated carbocycles. The van der Waals surface area contributed by atoms with Crippen molar-refractivity contribution in [1.29, 1.82) is 0 Å². The fourth-order valence-electron chi connectivity index (χ4n) is 4.01. The smallest absolute Gasteiger partial charge is 0.223 e. The number of amides is 1. The van der Waals surface area contributed by atoms with E-state index in [9.17, 15) is 4.79 Å². The Morgan fingerprint density at radius 2 is 2.08 bits per heavy atom. The summed E-state index contributed by atoms with van der Waals surface area (Å²) in [4.78, 5) is 26.6. The molecule has 136 valence electrons. The number of carbonyl (C=O) groups excluding carboxylic acids is 1. The molecule has 2 aliphatic rings. The Hall–Kier alpha value is -2.27. The van der Waals surface area contributed by atoms with Crippen LogP contribution in [0.5, 0.6) is 0 Å². The zero-order valence-electron chi connectivity index (χ0n) is 15.4. The molecule has 26 heavy (non-hydrogen) atoms. The Morgan fingerprint density at radius 1 is 1.23 bits per heavy atom. The molecule has 0 bridgehead atoms. The fourth-order valence-corrected chi connectivity index (χ4v) is 4.01. The second-order valence-corrected chi connectivity index (χ2v) is 7.42. The number of hydrogen-bond acceptors (Lipinski definition) is 4. The van der Waals surface area contributed by atoms with Gasteiger partial charge in [-0.3, -0.25) is 4.79 Å². The first-order valence-corrected chi connectivity index (χ1v) is 9.57. The normalized spacial score (nSPS) is 20.2. The maximum absolute atomic E-state index is 12.8. The van der Waals surface area contributed by atoms with Gasteiger partial charge in [-0.25, -0.2) is 9.97 Å². The fraction of sp³-hybridized carbons (Fsp3) is 0.476. The van der Waals surface area contributed by atoms with Crippen LogP contribution in [-0.4, -0.2) is 45.8 Å². The van der Waals surface area contributed by atoms with Crippen LogP contribution in [0.2, 0.25) is 0 Å². The van der Waals surface area contributed by atoms with E-state index in [0.29, 0.717) is 6.42 Å². The summed E-state index contributed by atoms with van der Waals surface area (Å²) in [7, 11) is 2.13. The van der Waals surface area contributed by atoms with E-state index in [1.54, 1.807) is 0 Å². The third-order valence-corrected chi connectivity index (χ3v) is 5.48. The number of hydrogen-bond donors (Lipinski definition) is 0. The van der Waals surface area contributed by atoms with E-state index in [0.717, 1.165) is 56.8 Å².